The van der Waals surface area contributed by atoms with Crippen molar-refractivity contribution in [2.75, 3.05) is 26.7 Å². The molecule has 0 bridgehead atoms. The van der Waals surface area contributed by atoms with E-state index in [-0.39, 0.29) is 0 Å². The van der Waals surface area contributed by atoms with Crippen LogP contribution in [0.5, 0.6) is 0 Å². The maximum absolute atomic E-state index is 3.46. The van der Waals surface area contributed by atoms with E-state index in [9.17, 15) is 0 Å². The summed E-state index contributed by atoms with van der Waals surface area (Å²) in [6.07, 6.45) is 1.25. The maximum Gasteiger partial charge on any atom is 0.0192 e. The summed E-state index contributed by atoms with van der Waals surface area (Å²) in [5, 5.41) is 3.46. The van der Waals surface area contributed by atoms with Gasteiger partial charge in [0, 0.05) is 25.7 Å². The van der Waals surface area contributed by atoms with E-state index in [1.54, 1.807) is 0 Å². The fraction of sp³-hybridized carbons (Fsp3) is 1.00. The van der Waals surface area contributed by atoms with Crippen LogP contribution in [0.15, 0.2) is 0 Å². The Morgan fingerprint density at radius 2 is 2.44 bits per heavy atom. The number of hydrogen-bond acceptors (Lipinski definition) is 2. The summed E-state index contributed by atoms with van der Waals surface area (Å²) in [6, 6.07) is 0.740. The highest BCUT2D eigenvalue weighted by molar-refractivity contribution is 4.74. The van der Waals surface area contributed by atoms with Gasteiger partial charge < -0.3 is 10.2 Å². The molecule has 0 aromatic carbocycles. The van der Waals surface area contributed by atoms with E-state index >= 15 is 0 Å². The van der Waals surface area contributed by atoms with E-state index < -0.39 is 0 Å². The number of nitrogens with one attached hydrogen (secondary N) is 1. The Morgan fingerprint density at radius 3 is 2.89 bits per heavy atom. The van der Waals surface area contributed by atoms with Crippen molar-refractivity contribution in [1.82, 2.24) is 10.2 Å². The minimum Gasteiger partial charge on any atom is -0.311 e. The summed E-state index contributed by atoms with van der Waals surface area (Å²) in [7, 11) is 2.18. The van der Waals surface area contributed by atoms with Gasteiger partial charge in [-0.1, -0.05) is 6.92 Å². The molecule has 2 heteroatoms. The first-order valence-corrected chi connectivity index (χ1v) is 3.75. The number of hydrogen-bond donors (Lipinski definition) is 1. The lowest BCUT2D eigenvalue weighted by atomic mass is 10.2. The van der Waals surface area contributed by atoms with Gasteiger partial charge in [-0.2, -0.15) is 0 Å². The minimum absolute atomic E-state index is 0.740. The van der Waals surface area contributed by atoms with Crippen molar-refractivity contribution in [3.05, 3.63) is 0 Å². The molecule has 1 rings (SSSR count). The highest BCUT2D eigenvalue weighted by Crippen LogP contribution is 1.98. The Kier molecular flexibility index (Phi) is 2.49. The number of likely N-dealkylation sites (N-methyl/N-ethyl adjacent to an activating group) is 1. The van der Waals surface area contributed by atoms with Crippen LogP contribution in [0.25, 0.3) is 0 Å². The molecule has 0 saturated carbocycles. The minimum atomic E-state index is 0.740. The van der Waals surface area contributed by atoms with Crippen LogP contribution in [0.3, 0.4) is 0 Å². The van der Waals surface area contributed by atoms with Gasteiger partial charge in [-0.25, -0.2) is 0 Å². The van der Waals surface area contributed by atoms with Gasteiger partial charge in [0.1, 0.15) is 0 Å². The average Bonchev–Trinajstić information content (AvgIpc) is 1.88. The Hall–Kier alpha value is -0.0800. The zero-order chi connectivity index (χ0) is 6.69. The topological polar surface area (TPSA) is 15.3 Å². The van der Waals surface area contributed by atoms with Crippen LogP contribution in [-0.4, -0.2) is 37.6 Å². The molecular formula is C7H16N2. The van der Waals surface area contributed by atoms with Crippen molar-refractivity contribution in [2.45, 2.75) is 19.4 Å². The Morgan fingerprint density at radius 1 is 1.67 bits per heavy atom. The zero-order valence-corrected chi connectivity index (χ0v) is 6.35. The molecule has 0 spiro atoms. The molecule has 0 amide bonds. The predicted molar refractivity (Wildman–Crippen MR) is 39.6 cm³/mol. The van der Waals surface area contributed by atoms with Crippen LogP contribution in [-0.2, 0) is 0 Å². The van der Waals surface area contributed by atoms with Crippen LogP contribution in [0.2, 0.25) is 0 Å². The third kappa shape index (κ3) is 1.95. The van der Waals surface area contributed by atoms with Gasteiger partial charge in [0.15, 0.2) is 0 Å². The fourth-order valence-electron chi connectivity index (χ4n) is 1.27. The van der Waals surface area contributed by atoms with Crippen molar-refractivity contribution in [2.24, 2.45) is 0 Å². The molecule has 54 valence electrons. The second kappa shape index (κ2) is 3.18. The monoisotopic (exact) mass is 128 g/mol. The summed E-state index contributed by atoms with van der Waals surface area (Å²) in [5.41, 5.74) is 0. The molecule has 1 atom stereocenters. The molecule has 1 aliphatic rings. The predicted octanol–water partition coefficient (Wildman–Crippen LogP) is 0.300. The molecule has 1 fully saturated rings. The lowest BCUT2D eigenvalue weighted by Crippen LogP contribution is -2.48. The van der Waals surface area contributed by atoms with E-state index in [2.05, 4.69) is 24.2 Å². The first-order valence-electron chi connectivity index (χ1n) is 3.75. The lowest BCUT2D eigenvalue weighted by molar-refractivity contribution is 0.235. The second-order valence-electron chi connectivity index (χ2n) is 2.82. The summed E-state index contributed by atoms with van der Waals surface area (Å²) < 4.78 is 0. The van der Waals surface area contributed by atoms with Gasteiger partial charge in [-0.15, -0.1) is 0 Å². The van der Waals surface area contributed by atoms with E-state index in [1.165, 1.54) is 19.5 Å². The molecule has 2 nitrogen and oxygen atoms in total. The quantitative estimate of drug-likeness (QED) is 0.546. The Balaban J connectivity index is 2.23. The van der Waals surface area contributed by atoms with Gasteiger partial charge in [0.25, 0.3) is 0 Å². The SMILES string of the molecule is CC[C@H]1CN(C)CCN1. The molecule has 1 saturated heterocycles. The Labute approximate surface area is 57.2 Å². The fourth-order valence-corrected chi connectivity index (χ4v) is 1.27. The normalized spacial score (nSPS) is 30.7. The van der Waals surface area contributed by atoms with Gasteiger partial charge >= 0.3 is 0 Å². The number of piperazine rings is 1. The number of rotatable bonds is 1. The largest absolute Gasteiger partial charge is 0.311 e. The van der Waals surface area contributed by atoms with Crippen molar-refractivity contribution >= 4 is 0 Å². The second-order valence-corrected chi connectivity index (χ2v) is 2.82. The van der Waals surface area contributed by atoms with Gasteiger partial charge in [0.05, 0.1) is 0 Å². The van der Waals surface area contributed by atoms with E-state index in [0.717, 1.165) is 12.6 Å². The van der Waals surface area contributed by atoms with E-state index in [0.29, 0.717) is 0 Å². The van der Waals surface area contributed by atoms with E-state index in [1.807, 2.05) is 0 Å². The Bertz CT molecular complexity index is 83.0. The first kappa shape index (κ1) is 7.03. The maximum atomic E-state index is 3.46. The highest BCUT2D eigenvalue weighted by atomic mass is 15.2. The van der Waals surface area contributed by atoms with Crippen molar-refractivity contribution < 1.29 is 0 Å². The highest BCUT2D eigenvalue weighted by Gasteiger charge is 2.12. The van der Waals surface area contributed by atoms with Crippen LogP contribution in [0.1, 0.15) is 13.3 Å². The van der Waals surface area contributed by atoms with Crippen molar-refractivity contribution in [3.63, 3.8) is 0 Å². The van der Waals surface area contributed by atoms with Gasteiger partial charge in [-0.3, -0.25) is 0 Å². The standard InChI is InChI=1S/C7H16N2/c1-3-7-6-9(2)5-4-8-7/h7-8H,3-6H2,1-2H3/t7-/m0/s1. The van der Waals surface area contributed by atoms with E-state index in [4.69, 9.17) is 0 Å². The van der Waals surface area contributed by atoms with Crippen LogP contribution >= 0.6 is 0 Å². The number of nitrogens with zero attached hydrogens (tertiary/aromatic N) is 1. The van der Waals surface area contributed by atoms with Crippen LogP contribution in [0, 0.1) is 0 Å². The van der Waals surface area contributed by atoms with Gasteiger partial charge in [-0.05, 0) is 13.5 Å². The molecule has 0 aromatic heterocycles. The first-order chi connectivity index (χ1) is 4.33. The third-order valence-electron chi connectivity index (χ3n) is 1.95. The summed E-state index contributed by atoms with van der Waals surface area (Å²) in [6.45, 7) is 5.82. The molecule has 1 N–H and O–H groups in total. The third-order valence-corrected chi connectivity index (χ3v) is 1.95. The molecule has 0 unspecified atom stereocenters. The van der Waals surface area contributed by atoms with Crippen molar-refractivity contribution in [1.29, 1.82) is 0 Å². The summed E-state index contributed by atoms with van der Waals surface area (Å²) in [4.78, 5) is 2.38. The van der Waals surface area contributed by atoms with Crippen LogP contribution < -0.4 is 5.32 Å². The average molecular weight is 128 g/mol. The lowest BCUT2D eigenvalue weighted by Gasteiger charge is -2.29. The molecule has 1 heterocycles. The molecule has 1 aliphatic heterocycles. The smallest absolute Gasteiger partial charge is 0.0192 e. The summed E-state index contributed by atoms with van der Waals surface area (Å²) >= 11 is 0. The molecule has 0 aromatic rings. The molecule has 0 aliphatic carbocycles. The zero-order valence-electron chi connectivity index (χ0n) is 6.35. The van der Waals surface area contributed by atoms with Gasteiger partial charge in [0.2, 0.25) is 0 Å². The van der Waals surface area contributed by atoms with Crippen LogP contribution in [0.4, 0.5) is 0 Å². The summed E-state index contributed by atoms with van der Waals surface area (Å²) in [5.74, 6) is 0. The van der Waals surface area contributed by atoms with Crippen molar-refractivity contribution in [3.8, 4) is 0 Å². The molecule has 9 heavy (non-hydrogen) atoms. The molecule has 0 radical (unpaired) electrons. The molecular weight excluding hydrogens is 112 g/mol.